The second-order valence-electron chi connectivity index (χ2n) is 7.30. The van der Waals surface area contributed by atoms with Gasteiger partial charge in [0.05, 0.1) is 31.2 Å². The maximum absolute atomic E-state index is 12.9. The summed E-state index contributed by atoms with van der Waals surface area (Å²) in [6, 6.07) is 12.4. The van der Waals surface area contributed by atoms with Crippen LogP contribution in [-0.4, -0.2) is 52.5 Å². The Morgan fingerprint density at radius 2 is 1.68 bits per heavy atom. The largest absolute Gasteiger partial charge is 0.495 e. The highest BCUT2D eigenvalue weighted by atomic mass is 32.2. The molecule has 0 aromatic heterocycles. The zero-order valence-corrected chi connectivity index (χ0v) is 18.9. The first-order valence-electron chi connectivity index (χ1n) is 9.80. The molecule has 0 aliphatic rings. The predicted molar refractivity (Wildman–Crippen MR) is 118 cm³/mol. The summed E-state index contributed by atoms with van der Waals surface area (Å²) in [5.74, 6) is -0.0799. The molecule has 9 heteroatoms. The van der Waals surface area contributed by atoms with Crippen LogP contribution in [0.1, 0.15) is 30.6 Å². The lowest BCUT2D eigenvalue weighted by Crippen LogP contribution is -2.36. The van der Waals surface area contributed by atoms with Gasteiger partial charge in [0.2, 0.25) is 0 Å². The molecule has 0 aliphatic heterocycles. The second-order valence-corrected chi connectivity index (χ2v) is 8.98. The Kier molecular flexibility index (Phi) is 8.44. The Hall–Kier alpha value is -3.07. The molecule has 168 valence electrons. The van der Waals surface area contributed by atoms with E-state index in [2.05, 4.69) is 9.46 Å². The van der Waals surface area contributed by atoms with Gasteiger partial charge in [-0.05, 0) is 42.3 Å². The van der Waals surface area contributed by atoms with E-state index in [1.807, 2.05) is 13.8 Å². The van der Waals surface area contributed by atoms with Gasteiger partial charge in [-0.3, -0.25) is 14.3 Å². The number of hydrogen-bond acceptors (Lipinski definition) is 6. The number of sulfonamides is 1. The third-order valence-corrected chi connectivity index (χ3v) is 5.83. The van der Waals surface area contributed by atoms with Crippen LogP contribution in [0.5, 0.6) is 5.75 Å². The summed E-state index contributed by atoms with van der Waals surface area (Å²) in [5, 5.41) is 0. The number of benzene rings is 2. The summed E-state index contributed by atoms with van der Waals surface area (Å²) in [4.78, 5) is 26.0. The van der Waals surface area contributed by atoms with Gasteiger partial charge in [-0.25, -0.2) is 8.42 Å². The molecular formula is C22H28N2O6S. The van der Waals surface area contributed by atoms with Crippen molar-refractivity contribution in [3.8, 4) is 5.75 Å². The molecule has 31 heavy (non-hydrogen) atoms. The SMILES string of the molecule is COC(=O)CCN(CC(C)C)C(=O)c1ccc(S(=O)(=O)Nc2ccccc2OC)cc1. The lowest BCUT2D eigenvalue weighted by Gasteiger charge is -2.24. The van der Waals surface area contributed by atoms with E-state index in [1.165, 1.54) is 38.5 Å². The van der Waals surface area contributed by atoms with Crippen molar-refractivity contribution in [3.05, 3.63) is 54.1 Å². The van der Waals surface area contributed by atoms with Gasteiger partial charge < -0.3 is 14.4 Å². The van der Waals surface area contributed by atoms with Crippen LogP contribution in [0, 0.1) is 5.92 Å². The Morgan fingerprint density at radius 3 is 2.26 bits per heavy atom. The van der Waals surface area contributed by atoms with Crippen molar-refractivity contribution in [2.24, 2.45) is 5.92 Å². The van der Waals surface area contributed by atoms with Crippen LogP contribution in [0.3, 0.4) is 0 Å². The number of carbonyl (C=O) groups is 2. The van der Waals surface area contributed by atoms with Crippen LogP contribution >= 0.6 is 0 Å². The first kappa shape index (κ1) is 24.2. The van der Waals surface area contributed by atoms with E-state index in [9.17, 15) is 18.0 Å². The van der Waals surface area contributed by atoms with E-state index in [0.29, 0.717) is 23.5 Å². The van der Waals surface area contributed by atoms with Gasteiger partial charge in [0.1, 0.15) is 5.75 Å². The van der Waals surface area contributed by atoms with E-state index in [4.69, 9.17) is 4.74 Å². The van der Waals surface area contributed by atoms with Gasteiger partial charge in [-0.2, -0.15) is 0 Å². The third kappa shape index (κ3) is 6.71. The molecule has 1 N–H and O–H groups in total. The zero-order valence-electron chi connectivity index (χ0n) is 18.1. The Labute approximate surface area is 183 Å². The number of rotatable bonds is 10. The van der Waals surface area contributed by atoms with E-state index >= 15 is 0 Å². The molecule has 0 radical (unpaired) electrons. The fraction of sp³-hybridized carbons (Fsp3) is 0.364. The first-order valence-corrected chi connectivity index (χ1v) is 11.3. The predicted octanol–water partition coefficient (Wildman–Crippen LogP) is 3.16. The minimum atomic E-state index is -3.87. The lowest BCUT2D eigenvalue weighted by molar-refractivity contribution is -0.140. The minimum absolute atomic E-state index is 0.0138. The number of amides is 1. The number of para-hydroxylation sites is 2. The van der Waals surface area contributed by atoms with Crippen LogP contribution in [0.15, 0.2) is 53.4 Å². The maximum atomic E-state index is 12.9. The van der Waals surface area contributed by atoms with Gasteiger partial charge in [0, 0.05) is 18.7 Å². The highest BCUT2D eigenvalue weighted by Gasteiger charge is 2.21. The molecule has 2 rings (SSSR count). The second kappa shape index (κ2) is 10.8. The number of anilines is 1. The molecule has 0 aliphatic carbocycles. The Balaban J connectivity index is 2.19. The smallest absolute Gasteiger partial charge is 0.307 e. The zero-order chi connectivity index (χ0) is 23.0. The fourth-order valence-electron chi connectivity index (χ4n) is 2.94. The normalized spacial score (nSPS) is 11.1. The topological polar surface area (TPSA) is 102 Å². The van der Waals surface area contributed by atoms with Crippen molar-refractivity contribution in [1.82, 2.24) is 4.90 Å². The minimum Gasteiger partial charge on any atom is -0.495 e. The van der Waals surface area contributed by atoms with Crippen molar-refractivity contribution in [2.75, 3.05) is 32.0 Å². The summed E-state index contributed by atoms with van der Waals surface area (Å²) in [6.07, 6.45) is 0.0876. The van der Waals surface area contributed by atoms with E-state index in [0.717, 1.165) is 0 Å². The Bertz CT molecular complexity index is 1000. The lowest BCUT2D eigenvalue weighted by atomic mass is 10.1. The molecule has 0 heterocycles. The van der Waals surface area contributed by atoms with Gasteiger partial charge in [-0.1, -0.05) is 26.0 Å². The molecule has 0 saturated carbocycles. The summed E-state index contributed by atoms with van der Waals surface area (Å²) in [6.45, 7) is 4.62. The maximum Gasteiger partial charge on any atom is 0.307 e. The number of methoxy groups -OCH3 is 2. The van der Waals surface area contributed by atoms with E-state index in [1.54, 1.807) is 29.2 Å². The number of carbonyl (C=O) groups excluding carboxylic acids is 2. The van der Waals surface area contributed by atoms with Crippen LogP contribution in [0.2, 0.25) is 0 Å². The van der Waals surface area contributed by atoms with Gasteiger partial charge >= 0.3 is 5.97 Å². The van der Waals surface area contributed by atoms with Gasteiger partial charge in [-0.15, -0.1) is 0 Å². The average molecular weight is 449 g/mol. The highest BCUT2D eigenvalue weighted by molar-refractivity contribution is 7.92. The fourth-order valence-corrected chi connectivity index (χ4v) is 4.01. The number of ether oxygens (including phenoxy) is 2. The molecule has 1 amide bonds. The molecular weight excluding hydrogens is 420 g/mol. The third-order valence-electron chi connectivity index (χ3n) is 4.45. The highest BCUT2D eigenvalue weighted by Crippen LogP contribution is 2.26. The molecule has 2 aromatic rings. The molecule has 0 bridgehead atoms. The van der Waals surface area contributed by atoms with Crippen molar-refractivity contribution in [2.45, 2.75) is 25.2 Å². The van der Waals surface area contributed by atoms with E-state index < -0.39 is 16.0 Å². The van der Waals surface area contributed by atoms with Gasteiger partial charge in [0.15, 0.2) is 0 Å². The van der Waals surface area contributed by atoms with Crippen LogP contribution < -0.4 is 9.46 Å². The molecule has 0 atom stereocenters. The standard InChI is InChI=1S/C22H28N2O6S/c1-16(2)15-24(14-13-21(25)30-4)22(26)17-9-11-18(12-10-17)31(27,28)23-19-7-5-6-8-20(19)29-3/h5-12,16,23H,13-15H2,1-4H3. The molecule has 0 saturated heterocycles. The number of nitrogens with zero attached hydrogens (tertiary/aromatic N) is 1. The average Bonchev–Trinajstić information content (AvgIpc) is 2.75. The van der Waals surface area contributed by atoms with Crippen molar-refractivity contribution in [1.29, 1.82) is 0 Å². The number of esters is 1. The molecule has 0 fully saturated rings. The van der Waals surface area contributed by atoms with Crippen molar-refractivity contribution in [3.63, 3.8) is 0 Å². The molecule has 0 unspecified atom stereocenters. The Morgan fingerprint density at radius 1 is 1.03 bits per heavy atom. The number of nitrogens with one attached hydrogen (secondary N) is 1. The summed E-state index contributed by atoms with van der Waals surface area (Å²) < 4.78 is 37.8. The van der Waals surface area contributed by atoms with E-state index in [-0.39, 0.29) is 29.7 Å². The molecule has 8 nitrogen and oxygen atoms in total. The van der Waals surface area contributed by atoms with Crippen molar-refractivity contribution >= 4 is 27.6 Å². The summed E-state index contributed by atoms with van der Waals surface area (Å²) >= 11 is 0. The van der Waals surface area contributed by atoms with Crippen LogP contribution in [0.4, 0.5) is 5.69 Å². The van der Waals surface area contributed by atoms with Crippen LogP contribution in [0.25, 0.3) is 0 Å². The molecule has 0 spiro atoms. The van der Waals surface area contributed by atoms with Crippen LogP contribution in [-0.2, 0) is 19.6 Å². The van der Waals surface area contributed by atoms with Crippen molar-refractivity contribution < 1.29 is 27.5 Å². The van der Waals surface area contributed by atoms with Gasteiger partial charge in [0.25, 0.3) is 15.9 Å². The molecule has 2 aromatic carbocycles. The number of hydrogen-bond donors (Lipinski definition) is 1. The summed E-state index contributed by atoms with van der Waals surface area (Å²) in [7, 11) is -1.11. The first-order chi connectivity index (χ1) is 14.7. The summed E-state index contributed by atoms with van der Waals surface area (Å²) in [5.41, 5.74) is 0.651. The monoisotopic (exact) mass is 448 g/mol. The quantitative estimate of drug-likeness (QED) is 0.560.